The summed E-state index contributed by atoms with van der Waals surface area (Å²) in [4.78, 5) is 9.27. The van der Waals surface area contributed by atoms with Crippen molar-refractivity contribution >= 4 is 13.1 Å². The zero-order valence-corrected chi connectivity index (χ0v) is 3.27. The highest BCUT2D eigenvalue weighted by atomic mass is 19.3. The van der Waals surface area contributed by atoms with E-state index in [0.29, 0.717) is 0 Å². The van der Waals surface area contributed by atoms with E-state index in [2.05, 4.69) is 0 Å². The molecule has 0 saturated heterocycles. The van der Waals surface area contributed by atoms with Gasteiger partial charge in [0.2, 0.25) is 12.2 Å². The monoisotopic (exact) mass is 107 g/mol. The molecule has 0 bridgehead atoms. The maximum absolute atomic E-state index is 10.8. The molecule has 0 aromatic heterocycles. The molecule has 0 aliphatic heterocycles. The molecule has 1 radical (unpaired) electrons. The third-order valence-corrected chi connectivity index (χ3v) is 0.269. The third-order valence-electron chi connectivity index (χ3n) is 0.269. The largest absolute Gasteiger partial charge is 0.490 e. The van der Waals surface area contributed by atoms with E-state index in [4.69, 9.17) is 5.11 Å². The first-order valence-corrected chi connectivity index (χ1v) is 1.49. The van der Waals surface area contributed by atoms with Crippen LogP contribution in [0, 0.1) is 0 Å². The molecule has 0 heterocycles. The molecule has 0 aromatic rings. The van der Waals surface area contributed by atoms with Crippen LogP contribution in [0.3, 0.4) is 0 Å². The Labute approximate surface area is 39.4 Å². The highest BCUT2D eigenvalue weighted by molar-refractivity contribution is 6.72. The fraction of sp³-hybridized carbons (Fsp3) is 0.500. The van der Waals surface area contributed by atoms with Crippen LogP contribution in [-0.4, -0.2) is 24.6 Å². The topological polar surface area (TPSA) is 37.3 Å². The van der Waals surface area contributed by atoms with E-state index in [1.165, 1.54) is 0 Å². The van der Waals surface area contributed by atoms with Gasteiger partial charge in [0.1, 0.15) is 0 Å². The van der Waals surface area contributed by atoms with Crippen molar-refractivity contribution in [3.8, 4) is 0 Å². The molecule has 5 heteroatoms. The first-order chi connectivity index (χ1) is 3.13. The number of halogens is 2. The summed E-state index contributed by atoms with van der Waals surface area (Å²) in [5, 5.41) is 7.55. The van der Waals surface area contributed by atoms with Crippen molar-refractivity contribution in [3.05, 3.63) is 0 Å². The molecule has 0 amide bonds. The van der Waals surface area contributed by atoms with Crippen LogP contribution in [0.5, 0.6) is 0 Å². The maximum atomic E-state index is 10.8. The molecule has 1 N–H and O–H groups in total. The van der Waals surface area contributed by atoms with E-state index < -0.39 is 12.2 Å². The van der Waals surface area contributed by atoms with E-state index in [1.54, 1.807) is 0 Å². The lowest BCUT2D eigenvalue weighted by molar-refractivity contribution is 0.208. The van der Waals surface area contributed by atoms with Crippen LogP contribution in [-0.2, 0) is 0 Å². The zero-order valence-electron chi connectivity index (χ0n) is 3.27. The van der Waals surface area contributed by atoms with Gasteiger partial charge < -0.3 is 5.11 Å². The van der Waals surface area contributed by atoms with Gasteiger partial charge in [0.25, 0.3) is 0 Å². The molecule has 0 aliphatic carbocycles. The summed E-state index contributed by atoms with van der Waals surface area (Å²) in [6, 6.07) is 0. The standard InChI is InChI=1S/C2H2BF2O2/c4-1(5)3-2(6)7/h1H,(H,6,7). The highest BCUT2D eigenvalue weighted by Crippen LogP contribution is 1.86. The van der Waals surface area contributed by atoms with Gasteiger partial charge in [0.05, 0.1) is 0 Å². The first kappa shape index (κ1) is 6.39. The Bertz CT molecular complexity index is 74.1. The van der Waals surface area contributed by atoms with E-state index >= 15 is 0 Å². The van der Waals surface area contributed by atoms with Gasteiger partial charge >= 0.3 is 7.28 Å². The lowest BCUT2D eigenvalue weighted by atomic mass is 9.80. The summed E-state index contributed by atoms with van der Waals surface area (Å²) in [5.41, 5.74) is 0. The van der Waals surface area contributed by atoms with Gasteiger partial charge in [0.15, 0.2) is 0 Å². The normalized spacial score (nSPS) is 9.00. The fourth-order valence-electron chi connectivity index (χ4n) is 0.108. The average Bonchev–Trinajstić information content (AvgIpc) is 1.27. The van der Waals surface area contributed by atoms with Gasteiger partial charge in [-0.2, -0.15) is 0 Å². The Hall–Kier alpha value is -0.605. The second-order valence-electron chi connectivity index (χ2n) is 0.839. The van der Waals surface area contributed by atoms with E-state index in [9.17, 15) is 13.6 Å². The summed E-state index contributed by atoms with van der Waals surface area (Å²) >= 11 is 0. The van der Waals surface area contributed by atoms with Crippen LogP contribution >= 0.6 is 0 Å². The Kier molecular flexibility index (Phi) is 2.33. The van der Waals surface area contributed by atoms with E-state index in [1.807, 2.05) is 0 Å². The van der Waals surface area contributed by atoms with Crippen LogP contribution in [0.1, 0.15) is 0 Å². The number of alkyl halides is 2. The van der Waals surface area contributed by atoms with Crippen molar-refractivity contribution < 1.29 is 18.7 Å². The van der Waals surface area contributed by atoms with Gasteiger partial charge in [-0.05, 0) is 0 Å². The SMILES string of the molecule is O=C(O)[B]C(F)F. The second-order valence-corrected chi connectivity index (χ2v) is 0.839. The minimum Gasteiger partial charge on any atom is -0.490 e. The summed E-state index contributed by atoms with van der Waals surface area (Å²) in [6.07, 6.45) is -2.85. The molecule has 2 nitrogen and oxygen atoms in total. The van der Waals surface area contributed by atoms with Crippen molar-refractivity contribution in [2.24, 2.45) is 0 Å². The van der Waals surface area contributed by atoms with Gasteiger partial charge in [-0.15, -0.1) is 0 Å². The average molecular weight is 107 g/mol. The maximum Gasteiger partial charge on any atom is 0.347 e. The summed E-state index contributed by atoms with van der Waals surface area (Å²) in [6.45, 7) is 0. The minimum absolute atomic E-state index is 0.0833. The summed E-state index contributed by atoms with van der Waals surface area (Å²) < 4.78 is 21.7. The van der Waals surface area contributed by atoms with E-state index in [0.717, 1.165) is 0 Å². The number of hydrogen-bond donors (Lipinski definition) is 1. The molecule has 0 atom stereocenters. The Morgan fingerprint density at radius 2 is 2.14 bits per heavy atom. The Balaban J connectivity index is 3.13. The fourth-order valence-corrected chi connectivity index (χ4v) is 0.108. The van der Waals surface area contributed by atoms with Crippen LogP contribution < -0.4 is 0 Å². The molecule has 0 spiro atoms. The van der Waals surface area contributed by atoms with Crippen molar-refractivity contribution in [2.75, 3.05) is 0 Å². The molecule has 0 aliphatic rings. The van der Waals surface area contributed by atoms with Gasteiger partial charge in [-0.1, -0.05) is 0 Å². The van der Waals surface area contributed by atoms with Crippen LogP contribution in [0.2, 0.25) is 0 Å². The minimum atomic E-state index is -2.85. The Morgan fingerprint density at radius 1 is 1.71 bits per heavy atom. The van der Waals surface area contributed by atoms with Gasteiger partial charge in [-0.25, -0.2) is 8.78 Å². The predicted molar refractivity (Wildman–Crippen MR) is 19.8 cm³/mol. The predicted octanol–water partition coefficient (Wildman–Crippen LogP) is 0.591. The molecule has 7 heavy (non-hydrogen) atoms. The highest BCUT2D eigenvalue weighted by Gasteiger charge is 2.11. The molecular formula is C2H2BF2O2. The molecular weight excluding hydrogens is 105 g/mol. The number of hydrogen-bond acceptors (Lipinski definition) is 1. The van der Waals surface area contributed by atoms with Crippen LogP contribution in [0.25, 0.3) is 0 Å². The molecule has 39 valence electrons. The number of carbonyl (C=O) groups is 1. The lowest BCUT2D eigenvalue weighted by Crippen LogP contribution is -2.14. The van der Waals surface area contributed by atoms with Crippen molar-refractivity contribution in [1.82, 2.24) is 0 Å². The molecule has 0 unspecified atom stereocenters. The van der Waals surface area contributed by atoms with E-state index in [-0.39, 0.29) is 7.28 Å². The summed E-state index contributed by atoms with van der Waals surface area (Å²) in [7, 11) is -0.0833. The molecule has 0 rings (SSSR count). The quantitative estimate of drug-likeness (QED) is 0.524. The molecule has 0 saturated carbocycles. The van der Waals surface area contributed by atoms with Gasteiger partial charge in [0, 0.05) is 0 Å². The van der Waals surface area contributed by atoms with Gasteiger partial charge in [-0.3, -0.25) is 4.79 Å². The van der Waals surface area contributed by atoms with Crippen molar-refractivity contribution in [3.63, 3.8) is 0 Å². The molecule has 0 fully saturated rings. The Morgan fingerprint density at radius 3 is 2.14 bits per heavy atom. The smallest absolute Gasteiger partial charge is 0.347 e. The van der Waals surface area contributed by atoms with Crippen LogP contribution in [0.4, 0.5) is 13.6 Å². The lowest BCUT2D eigenvalue weighted by Gasteiger charge is -1.84. The molecule has 0 aromatic carbocycles. The van der Waals surface area contributed by atoms with Crippen molar-refractivity contribution in [1.29, 1.82) is 0 Å². The first-order valence-electron chi connectivity index (χ1n) is 1.49. The third kappa shape index (κ3) is 5.39. The summed E-state index contributed by atoms with van der Waals surface area (Å²) in [5.74, 6) is -1.59. The second kappa shape index (κ2) is 2.55. The zero-order chi connectivity index (χ0) is 5.86. The number of carboxylic acid groups (broad SMARTS) is 1. The van der Waals surface area contributed by atoms with Crippen molar-refractivity contribution in [2.45, 2.75) is 6.32 Å². The number of rotatable bonds is 2. The van der Waals surface area contributed by atoms with Crippen LogP contribution in [0.15, 0.2) is 0 Å².